The molecule has 0 amide bonds. The number of allylic oxidation sites excluding steroid dienone is 1. The summed E-state index contributed by atoms with van der Waals surface area (Å²) in [5.74, 6) is 0.901. The van der Waals surface area contributed by atoms with Crippen LogP contribution in [0.4, 0.5) is 0 Å². The quantitative estimate of drug-likeness (QED) is 0.787. The second kappa shape index (κ2) is 7.68. The van der Waals surface area contributed by atoms with E-state index >= 15 is 0 Å². The normalized spacial score (nSPS) is 19.2. The second-order valence-electron chi connectivity index (χ2n) is 6.51. The van der Waals surface area contributed by atoms with Crippen LogP contribution in [0.1, 0.15) is 41.4 Å². The Labute approximate surface area is 152 Å². The Kier molecular flexibility index (Phi) is 5.15. The molecule has 0 bridgehead atoms. The van der Waals surface area contributed by atoms with Crippen LogP contribution in [0.15, 0.2) is 23.6 Å². The van der Waals surface area contributed by atoms with Crippen LogP contribution in [-0.4, -0.2) is 31.9 Å². The van der Waals surface area contributed by atoms with Gasteiger partial charge in [0, 0.05) is 12.5 Å². The van der Waals surface area contributed by atoms with Gasteiger partial charge in [-0.2, -0.15) is 0 Å². The first-order valence-electron chi connectivity index (χ1n) is 9.00. The Morgan fingerprint density at radius 3 is 3.12 bits per heavy atom. The molecular weight excluding hydrogens is 332 g/mol. The van der Waals surface area contributed by atoms with Crippen LogP contribution in [0, 0.1) is 0 Å². The van der Waals surface area contributed by atoms with Crippen molar-refractivity contribution in [3.63, 3.8) is 0 Å². The van der Waals surface area contributed by atoms with Gasteiger partial charge in [-0.1, -0.05) is 18.2 Å². The molecule has 5 heteroatoms. The SMILES string of the molecule is COCCOc1ccc2c(c1-c1csc([C@@H]3CCCN3)n1)C=CCC2. The van der Waals surface area contributed by atoms with Crippen LogP contribution in [0.25, 0.3) is 17.3 Å². The molecule has 132 valence electrons. The summed E-state index contributed by atoms with van der Waals surface area (Å²) in [6.45, 7) is 2.22. The zero-order valence-electron chi connectivity index (χ0n) is 14.6. The first-order valence-corrected chi connectivity index (χ1v) is 9.88. The zero-order chi connectivity index (χ0) is 17.1. The van der Waals surface area contributed by atoms with Crippen LogP contribution in [0.2, 0.25) is 0 Å². The van der Waals surface area contributed by atoms with E-state index in [-0.39, 0.29) is 0 Å². The molecule has 2 heterocycles. The predicted molar refractivity (Wildman–Crippen MR) is 102 cm³/mol. The van der Waals surface area contributed by atoms with E-state index in [1.165, 1.54) is 29.0 Å². The summed E-state index contributed by atoms with van der Waals surface area (Å²) >= 11 is 1.75. The van der Waals surface area contributed by atoms with Crippen LogP contribution in [-0.2, 0) is 11.2 Å². The van der Waals surface area contributed by atoms with Gasteiger partial charge in [0.1, 0.15) is 17.4 Å². The highest BCUT2D eigenvalue weighted by molar-refractivity contribution is 7.10. The fraction of sp³-hybridized carbons (Fsp3) is 0.450. The number of benzene rings is 1. The highest BCUT2D eigenvalue weighted by Crippen LogP contribution is 2.40. The Morgan fingerprint density at radius 1 is 1.32 bits per heavy atom. The van der Waals surface area contributed by atoms with Crippen molar-refractivity contribution >= 4 is 17.4 Å². The van der Waals surface area contributed by atoms with Crippen molar-refractivity contribution in [1.82, 2.24) is 10.3 Å². The molecule has 0 saturated carbocycles. The van der Waals surface area contributed by atoms with Crippen molar-refractivity contribution in [2.45, 2.75) is 31.7 Å². The minimum Gasteiger partial charge on any atom is -0.490 e. The Balaban J connectivity index is 1.72. The van der Waals surface area contributed by atoms with Gasteiger partial charge in [-0.25, -0.2) is 4.98 Å². The monoisotopic (exact) mass is 356 g/mol. The van der Waals surface area contributed by atoms with Gasteiger partial charge >= 0.3 is 0 Å². The topological polar surface area (TPSA) is 43.4 Å². The van der Waals surface area contributed by atoms with Crippen molar-refractivity contribution in [2.24, 2.45) is 0 Å². The third-order valence-corrected chi connectivity index (χ3v) is 5.80. The van der Waals surface area contributed by atoms with E-state index in [1.807, 2.05) is 0 Å². The first kappa shape index (κ1) is 16.8. The number of hydrogen-bond acceptors (Lipinski definition) is 5. The molecule has 0 unspecified atom stereocenters. The van der Waals surface area contributed by atoms with E-state index in [1.54, 1.807) is 18.4 Å². The molecule has 1 aromatic heterocycles. The molecule has 2 aliphatic rings. The second-order valence-corrected chi connectivity index (χ2v) is 7.40. The number of methoxy groups -OCH3 is 1. The van der Waals surface area contributed by atoms with Gasteiger partial charge in [-0.3, -0.25) is 0 Å². The number of fused-ring (bicyclic) bond motifs is 1. The molecule has 0 radical (unpaired) electrons. The first-order chi connectivity index (χ1) is 12.4. The molecule has 1 N–H and O–H groups in total. The molecule has 1 aliphatic heterocycles. The Morgan fingerprint density at radius 2 is 2.28 bits per heavy atom. The lowest BCUT2D eigenvalue weighted by atomic mass is 9.91. The van der Waals surface area contributed by atoms with Crippen molar-refractivity contribution in [2.75, 3.05) is 26.9 Å². The lowest BCUT2D eigenvalue weighted by Crippen LogP contribution is -2.12. The third kappa shape index (κ3) is 3.50. The molecular formula is C20H24N2O2S. The lowest BCUT2D eigenvalue weighted by Gasteiger charge is -2.18. The molecule has 4 rings (SSSR count). The molecule has 1 aromatic carbocycles. The summed E-state index contributed by atoms with van der Waals surface area (Å²) in [4.78, 5) is 4.97. The standard InChI is InChI=1S/C20H24N2O2S/c1-23-11-12-24-18-9-8-14-5-2-3-6-15(14)19(18)17-13-25-20(22-17)16-7-4-10-21-16/h3,6,8-9,13,16,21H,2,4-5,7,10-12H2,1H3/t16-/m0/s1. The molecule has 1 fully saturated rings. The van der Waals surface area contributed by atoms with Gasteiger partial charge in [0.2, 0.25) is 0 Å². The van der Waals surface area contributed by atoms with E-state index in [4.69, 9.17) is 14.5 Å². The lowest BCUT2D eigenvalue weighted by molar-refractivity contribution is 0.146. The van der Waals surface area contributed by atoms with Gasteiger partial charge < -0.3 is 14.8 Å². The van der Waals surface area contributed by atoms with Gasteiger partial charge in [0.05, 0.1) is 23.9 Å². The van der Waals surface area contributed by atoms with Crippen molar-refractivity contribution < 1.29 is 9.47 Å². The molecule has 1 atom stereocenters. The van der Waals surface area contributed by atoms with Gasteiger partial charge in [-0.15, -0.1) is 11.3 Å². The van der Waals surface area contributed by atoms with E-state index in [0.29, 0.717) is 19.3 Å². The van der Waals surface area contributed by atoms with Crippen LogP contribution < -0.4 is 10.1 Å². The summed E-state index contributed by atoms with van der Waals surface area (Å²) in [6.07, 6.45) is 9.06. The highest BCUT2D eigenvalue weighted by atomic mass is 32.1. The van der Waals surface area contributed by atoms with Crippen molar-refractivity contribution in [3.05, 3.63) is 39.7 Å². The highest BCUT2D eigenvalue weighted by Gasteiger charge is 2.23. The average Bonchev–Trinajstić information content (AvgIpc) is 3.33. The summed E-state index contributed by atoms with van der Waals surface area (Å²) < 4.78 is 11.2. The van der Waals surface area contributed by atoms with Gasteiger partial charge in [0.25, 0.3) is 0 Å². The number of hydrogen-bond donors (Lipinski definition) is 1. The number of ether oxygens (including phenoxy) is 2. The predicted octanol–water partition coefficient (Wildman–Crippen LogP) is 4.22. The van der Waals surface area contributed by atoms with Crippen LogP contribution >= 0.6 is 11.3 Å². The summed E-state index contributed by atoms with van der Waals surface area (Å²) in [5, 5.41) is 6.91. The smallest absolute Gasteiger partial charge is 0.129 e. The van der Waals surface area contributed by atoms with Gasteiger partial charge in [-0.05, 0) is 49.4 Å². The third-order valence-electron chi connectivity index (χ3n) is 4.84. The van der Waals surface area contributed by atoms with Crippen LogP contribution in [0.3, 0.4) is 0 Å². The fourth-order valence-electron chi connectivity index (χ4n) is 3.57. The number of nitrogens with zero attached hydrogens (tertiary/aromatic N) is 1. The summed E-state index contributed by atoms with van der Waals surface area (Å²) in [6, 6.07) is 4.69. The zero-order valence-corrected chi connectivity index (χ0v) is 15.4. The number of aromatic nitrogens is 1. The summed E-state index contributed by atoms with van der Waals surface area (Å²) in [5.41, 5.74) is 4.80. The number of nitrogens with one attached hydrogen (secondary N) is 1. The van der Waals surface area contributed by atoms with Crippen molar-refractivity contribution in [1.29, 1.82) is 0 Å². The molecule has 1 saturated heterocycles. The average molecular weight is 356 g/mol. The summed E-state index contributed by atoms with van der Waals surface area (Å²) in [7, 11) is 1.70. The maximum Gasteiger partial charge on any atom is 0.129 e. The number of rotatable bonds is 6. The van der Waals surface area contributed by atoms with Gasteiger partial charge in [0.15, 0.2) is 0 Å². The Bertz CT molecular complexity index is 763. The minimum atomic E-state index is 0.409. The fourth-order valence-corrected chi connectivity index (χ4v) is 4.49. The van der Waals surface area contributed by atoms with E-state index in [2.05, 4.69) is 35.0 Å². The maximum atomic E-state index is 6.02. The number of thiazole rings is 1. The van der Waals surface area contributed by atoms with E-state index in [9.17, 15) is 0 Å². The van der Waals surface area contributed by atoms with Crippen molar-refractivity contribution in [3.8, 4) is 17.0 Å². The number of aryl methyl sites for hydroxylation is 1. The van der Waals surface area contributed by atoms with E-state index in [0.717, 1.165) is 36.4 Å². The maximum absolute atomic E-state index is 6.02. The molecule has 25 heavy (non-hydrogen) atoms. The largest absolute Gasteiger partial charge is 0.490 e. The molecule has 1 aliphatic carbocycles. The van der Waals surface area contributed by atoms with E-state index < -0.39 is 0 Å². The van der Waals surface area contributed by atoms with Crippen LogP contribution in [0.5, 0.6) is 5.75 Å². The minimum absolute atomic E-state index is 0.409. The molecule has 2 aromatic rings. The Hall–Kier alpha value is -1.69. The molecule has 4 nitrogen and oxygen atoms in total. The molecule has 0 spiro atoms.